The lowest BCUT2D eigenvalue weighted by Gasteiger charge is -2.10. The first kappa shape index (κ1) is 11.8. The normalized spacial score (nSPS) is 12.1. The van der Waals surface area contributed by atoms with Crippen LogP contribution in [0.4, 0.5) is 5.82 Å². The van der Waals surface area contributed by atoms with E-state index in [1.807, 2.05) is 0 Å². The molecule has 0 saturated heterocycles. The Morgan fingerprint density at radius 3 is 2.87 bits per heavy atom. The average Bonchev–Trinajstić information content (AvgIpc) is 2.26. The van der Waals surface area contributed by atoms with Crippen LogP contribution in [0.1, 0.15) is 17.3 Å². The number of nitrogens with zero attached hydrogens (tertiary/aromatic N) is 1. The first-order valence-electron chi connectivity index (χ1n) is 4.66. The third-order valence-electron chi connectivity index (χ3n) is 2.02. The van der Waals surface area contributed by atoms with Crippen LogP contribution in [0.5, 0.6) is 0 Å². The van der Waals surface area contributed by atoms with Gasteiger partial charge in [0.05, 0.1) is 5.56 Å². The second-order valence-corrected chi connectivity index (χ2v) is 4.50. The van der Waals surface area contributed by atoms with Crippen LogP contribution in [-0.4, -0.2) is 28.9 Å². The monoisotopic (exact) mass is 225 g/mol. The van der Waals surface area contributed by atoms with Crippen LogP contribution in [0.25, 0.3) is 0 Å². The first-order chi connectivity index (χ1) is 7.13. The summed E-state index contributed by atoms with van der Waals surface area (Å²) in [5.41, 5.74) is 5.53. The van der Waals surface area contributed by atoms with Gasteiger partial charge in [-0.1, -0.05) is 6.92 Å². The van der Waals surface area contributed by atoms with E-state index in [1.54, 1.807) is 23.9 Å². The van der Waals surface area contributed by atoms with Gasteiger partial charge in [0.25, 0.3) is 0 Å². The minimum Gasteiger partial charge on any atom is -0.369 e. The molecule has 1 amide bonds. The second-order valence-electron chi connectivity index (χ2n) is 3.22. The number of anilines is 1. The van der Waals surface area contributed by atoms with E-state index in [0.29, 0.717) is 10.8 Å². The summed E-state index contributed by atoms with van der Waals surface area (Å²) in [4.78, 5) is 14.9. The number of nitrogens with two attached hydrogens (primary N) is 1. The maximum absolute atomic E-state index is 10.8. The minimum absolute atomic E-state index is 0.429. The SMILES string of the molecule is CSC(C)CNc1ccc(C(N)=O)cn1. The molecule has 1 heterocycles. The molecule has 0 bridgehead atoms. The fourth-order valence-electron chi connectivity index (χ4n) is 0.976. The number of aromatic nitrogens is 1. The van der Waals surface area contributed by atoms with Crippen molar-refractivity contribution in [3.63, 3.8) is 0 Å². The molecule has 0 aliphatic heterocycles. The number of amides is 1. The van der Waals surface area contributed by atoms with Crippen LogP contribution in [0.2, 0.25) is 0 Å². The van der Waals surface area contributed by atoms with Crippen molar-refractivity contribution in [2.24, 2.45) is 5.73 Å². The van der Waals surface area contributed by atoms with Gasteiger partial charge in [-0.3, -0.25) is 4.79 Å². The molecular formula is C10H15N3OS. The number of carbonyl (C=O) groups is 1. The Labute approximate surface area is 93.7 Å². The van der Waals surface area contributed by atoms with Gasteiger partial charge in [0.15, 0.2) is 0 Å². The Morgan fingerprint density at radius 1 is 1.67 bits per heavy atom. The zero-order chi connectivity index (χ0) is 11.3. The lowest BCUT2D eigenvalue weighted by molar-refractivity contribution is 0.1000. The molecule has 5 heteroatoms. The van der Waals surface area contributed by atoms with Gasteiger partial charge in [-0.15, -0.1) is 0 Å². The van der Waals surface area contributed by atoms with Crippen LogP contribution in [-0.2, 0) is 0 Å². The molecule has 0 spiro atoms. The van der Waals surface area contributed by atoms with Crippen molar-refractivity contribution in [1.82, 2.24) is 4.98 Å². The fourth-order valence-corrected chi connectivity index (χ4v) is 1.23. The molecule has 82 valence electrons. The van der Waals surface area contributed by atoms with Gasteiger partial charge in [-0.05, 0) is 18.4 Å². The summed E-state index contributed by atoms with van der Waals surface area (Å²) in [5, 5.41) is 3.71. The topological polar surface area (TPSA) is 68.0 Å². The quantitative estimate of drug-likeness (QED) is 0.793. The summed E-state index contributed by atoms with van der Waals surface area (Å²) in [7, 11) is 0. The maximum Gasteiger partial charge on any atom is 0.250 e. The molecular weight excluding hydrogens is 210 g/mol. The molecule has 1 atom stereocenters. The Hall–Kier alpha value is -1.23. The Kier molecular flexibility index (Phi) is 4.42. The molecule has 3 N–H and O–H groups in total. The van der Waals surface area contributed by atoms with E-state index in [4.69, 9.17) is 5.73 Å². The van der Waals surface area contributed by atoms with Gasteiger partial charge in [0, 0.05) is 18.0 Å². The first-order valence-corrected chi connectivity index (χ1v) is 5.94. The van der Waals surface area contributed by atoms with Gasteiger partial charge in [-0.2, -0.15) is 11.8 Å². The second kappa shape index (κ2) is 5.60. The number of hydrogen-bond acceptors (Lipinski definition) is 4. The fraction of sp³-hybridized carbons (Fsp3) is 0.400. The Balaban J connectivity index is 2.53. The van der Waals surface area contributed by atoms with Crippen LogP contribution in [0, 0.1) is 0 Å². The van der Waals surface area contributed by atoms with E-state index in [-0.39, 0.29) is 0 Å². The smallest absolute Gasteiger partial charge is 0.250 e. The lowest BCUT2D eigenvalue weighted by Crippen LogP contribution is -2.14. The highest BCUT2D eigenvalue weighted by Crippen LogP contribution is 2.08. The van der Waals surface area contributed by atoms with E-state index in [1.165, 1.54) is 6.20 Å². The molecule has 0 aliphatic rings. The van der Waals surface area contributed by atoms with E-state index in [9.17, 15) is 4.79 Å². The highest BCUT2D eigenvalue weighted by molar-refractivity contribution is 7.99. The predicted molar refractivity (Wildman–Crippen MR) is 64.2 cm³/mol. The molecule has 1 rings (SSSR count). The van der Waals surface area contributed by atoms with Crippen LogP contribution in [0.3, 0.4) is 0 Å². The summed E-state index contributed by atoms with van der Waals surface area (Å²) in [6.45, 7) is 2.99. The number of nitrogens with one attached hydrogen (secondary N) is 1. The third-order valence-corrected chi connectivity index (χ3v) is 2.99. The van der Waals surface area contributed by atoms with Crippen molar-refractivity contribution < 1.29 is 4.79 Å². The zero-order valence-corrected chi connectivity index (χ0v) is 9.67. The molecule has 0 aromatic carbocycles. The summed E-state index contributed by atoms with van der Waals surface area (Å²) in [6.07, 6.45) is 3.55. The van der Waals surface area contributed by atoms with Crippen molar-refractivity contribution in [3.05, 3.63) is 23.9 Å². The van der Waals surface area contributed by atoms with Crippen molar-refractivity contribution >= 4 is 23.5 Å². The number of pyridine rings is 1. The summed E-state index contributed by atoms with van der Waals surface area (Å²) >= 11 is 1.79. The van der Waals surface area contributed by atoms with Crippen LogP contribution < -0.4 is 11.1 Å². The zero-order valence-electron chi connectivity index (χ0n) is 8.86. The van der Waals surface area contributed by atoms with E-state index in [2.05, 4.69) is 23.5 Å². The van der Waals surface area contributed by atoms with Gasteiger partial charge in [0.2, 0.25) is 5.91 Å². The minimum atomic E-state index is -0.452. The van der Waals surface area contributed by atoms with Crippen molar-refractivity contribution in [2.75, 3.05) is 18.1 Å². The number of carbonyl (C=O) groups excluding carboxylic acids is 1. The highest BCUT2D eigenvalue weighted by atomic mass is 32.2. The molecule has 0 radical (unpaired) electrons. The largest absolute Gasteiger partial charge is 0.369 e. The molecule has 15 heavy (non-hydrogen) atoms. The molecule has 0 saturated carbocycles. The Morgan fingerprint density at radius 2 is 2.40 bits per heavy atom. The Bertz CT molecular complexity index is 326. The molecule has 1 unspecified atom stereocenters. The van der Waals surface area contributed by atoms with Crippen molar-refractivity contribution in [1.29, 1.82) is 0 Å². The standard InChI is InChI=1S/C10H15N3OS/c1-7(15-2)5-12-9-4-3-8(6-13-9)10(11)14/h3-4,6-7H,5H2,1-2H3,(H2,11,14)(H,12,13). The van der Waals surface area contributed by atoms with Crippen molar-refractivity contribution in [3.8, 4) is 0 Å². The van der Waals surface area contributed by atoms with Gasteiger partial charge in [0.1, 0.15) is 5.82 Å². The van der Waals surface area contributed by atoms with Crippen LogP contribution in [0.15, 0.2) is 18.3 Å². The molecule has 1 aromatic heterocycles. The van der Waals surface area contributed by atoms with Gasteiger partial charge >= 0.3 is 0 Å². The summed E-state index contributed by atoms with van der Waals surface area (Å²) in [6, 6.07) is 3.43. The summed E-state index contributed by atoms with van der Waals surface area (Å²) in [5.74, 6) is 0.312. The predicted octanol–water partition coefficient (Wildman–Crippen LogP) is 1.34. The van der Waals surface area contributed by atoms with E-state index in [0.717, 1.165) is 12.4 Å². The molecule has 0 fully saturated rings. The molecule has 1 aromatic rings. The average molecular weight is 225 g/mol. The maximum atomic E-state index is 10.8. The number of primary amides is 1. The van der Waals surface area contributed by atoms with E-state index < -0.39 is 5.91 Å². The van der Waals surface area contributed by atoms with Crippen molar-refractivity contribution in [2.45, 2.75) is 12.2 Å². The number of rotatable bonds is 5. The number of hydrogen-bond donors (Lipinski definition) is 2. The number of thioether (sulfide) groups is 1. The lowest BCUT2D eigenvalue weighted by atomic mass is 10.3. The van der Waals surface area contributed by atoms with Gasteiger partial charge < -0.3 is 11.1 Å². The van der Waals surface area contributed by atoms with Gasteiger partial charge in [-0.25, -0.2) is 4.98 Å². The third kappa shape index (κ3) is 3.79. The molecule has 0 aliphatic carbocycles. The molecule has 4 nitrogen and oxygen atoms in total. The van der Waals surface area contributed by atoms with Crippen LogP contribution >= 0.6 is 11.8 Å². The summed E-state index contributed by atoms with van der Waals surface area (Å²) < 4.78 is 0. The highest BCUT2D eigenvalue weighted by Gasteiger charge is 2.02. The van der Waals surface area contributed by atoms with E-state index >= 15 is 0 Å².